The fourth-order valence-electron chi connectivity index (χ4n) is 3.25. The second-order valence-corrected chi connectivity index (χ2v) is 6.98. The number of benzene rings is 1. The molecule has 1 aromatic carbocycles. The van der Waals surface area contributed by atoms with Crippen LogP contribution in [-0.2, 0) is 11.2 Å². The van der Waals surface area contributed by atoms with Crippen LogP contribution in [0.25, 0.3) is 0 Å². The van der Waals surface area contributed by atoms with E-state index in [0.717, 1.165) is 37.2 Å². The quantitative estimate of drug-likeness (QED) is 0.847. The molecule has 22 heavy (non-hydrogen) atoms. The van der Waals surface area contributed by atoms with Gasteiger partial charge in [-0.15, -0.1) is 0 Å². The molecule has 0 saturated carbocycles. The van der Waals surface area contributed by atoms with Crippen molar-refractivity contribution in [3.8, 4) is 0 Å². The molecule has 1 aliphatic rings. The highest BCUT2D eigenvalue weighted by molar-refractivity contribution is 7.08. The number of hydrogen-bond acceptors (Lipinski definition) is 3. The van der Waals surface area contributed by atoms with Gasteiger partial charge in [-0.3, -0.25) is 9.69 Å². The lowest BCUT2D eigenvalue weighted by molar-refractivity contribution is -0.127. The number of amides is 1. The van der Waals surface area contributed by atoms with Crippen LogP contribution in [0, 0.1) is 5.41 Å². The summed E-state index contributed by atoms with van der Waals surface area (Å²) in [6.07, 6.45) is 2.74. The number of para-hydroxylation sites is 1. The summed E-state index contributed by atoms with van der Waals surface area (Å²) in [5.41, 5.74) is 2.96. The van der Waals surface area contributed by atoms with Crippen molar-refractivity contribution in [1.29, 1.82) is 0 Å². The number of carbonyl (C=O) groups excluding carboxylic acids is 1. The number of nitrogens with one attached hydrogen (secondary N) is 1. The number of thiophene rings is 1. The van der Waals surface area contributed by atoms with Crippen molar-refractivity contribution < 1.29 is 4.79 Å². The Morgan fingerprint density at radius 1 is 1.32 bits per heavy atom. The molecule has 116 valence electrons. The number of rotatable bonds is 5. The van der Waals surface area contributed by atoms with Gasteiger partial charge in [-0.25, -0.2) is 0 Å². The van der Waals surface area contributed by atoms with Crippen LogP contribution in [0.3, 0.4) is 0 Å². The van der Waals surface area contributed by atoms with E-state index >= 15 is 0 Å². The minimum absolute atomic E-state index is 0.223. The predicted molar refractivity (Wildman–Crippen MR) is 92.9 cm³/mol. The Balaban J connectivity index is 1.99. The van der Waals surface area contributed by atoms with Crippen LogP contribution in [0.5, 0.6) is 0 Å². The van der Waals surface area contributed by atoms with Crippen LogP contribution < -0.4 is 10.2 Å². The van der Waals surface area contributed by atoms with Gasteiger partial charge in [0, 0.05) is 5.38 Å². The van der Waals surface area contributed by atoms with Gasteiger partial charge in [0.05, 0.1) is 16.8 Å². The van der Waals surface area contributed by atoms with Crippen LogP contribution in [0.1, 0.15) is 25.3 Å². The van der Waals surface area contributed by atoms with Gasteiger partial charge in [-0.05, 0) is 55.9 Å². The van der Waals surface area contributed by atoms with Crippen LogP contribution in [0.15, 0.2) is 41.1 Å². The highest BCUT2D eigenvalue weighted by atomic mass is 32.1. The highest BCUT2D eigenvalue weighted by Crippen LogP contribution is 2.44. The highest BCUT2D eigenvalue weighted by Gasteiger charge is 2.42. The fourth-order valence-corrected chi connectivity index (χ4v) is 3.87. The van der Waals surface area contributed by atoms with Crippen LogP contribution in [0.4, 0.5) is 11.4 Å². The molecule has 4 heteroatoms. The SMILES string of the molecule is CNCCCC1(C)Cc2ccccc2N(c2ccsc2)C1=O. The van der Waals surface area contributed by atoms with E-state index in [1.807, 2.05) is 34.8 Å². The predicted octanol–water partition coefficient (Wildman–Crippen LogP) is 3.97. The molecule has 1 unspecified atom stereocenters. The minimum Gasteiger partial charge on any atom is -0.320 e. The van der Waals surface area contributed by atoms with Crippen molar-refractivity contribution in [2.24, 2.45) is 5.41 Å². The fraction of sp³-hybridized carbons (Fsp3) is 0.389. The van der Waals surface area contributed by atoms with Gasteiger partial charge >= 0.3 is 0 Å². The number of fused-ring (bicyclic) bond motifs is 1. The van der Waals surface area contributed by atoms with Crippen LogP contribution in [0.2, 0.25) is 0 Å². The summed E-state index contributed by atoms with van der Waals surface area (Å²) in [7, 11) is 1.96. The molecule has 3 rings (SSSR count). The summed E-state index contributed by atoms with van der Waals surface area (Å²) in [6, 6.07) is 10.3. The molecule has 1 amide bonds. The average molecular weight is 314 g/mol. The van der Waals surface area contributed by atoms with E-state index in [1.54, 1.807) is 11.3 Å². The molecule has 1 aliphatic heterocycles. The van der Waals surface area contributed by atoms with E-state index in [4.69, 9.17) is 0 Å². The molecule has 1 atom stereocenters. The zero-order valence-corrected chi connectivity index (χ0v) is 14.0. The second-order valence-electron chi connectivity index (χ2n) is 6.20. The zero-order valence-electron chi connectivity index (χ0n) is 13.1. The normalized spacial score (nSPS) is 21.0. The summed E-state index contributed by atoms with van der Waals surface area (Å²) >= 11 is 1.63. The first-order valence-corrected chi connectivity index (χ1v) is 8.69. The smallest absolute Gasteiger partial charge is 0.237 e. The largest absolute Gasteiger partial charge is 0.320 e. The van der Waals surface area contributed by atoms with Crippen molar-refractivity contribution in [2.75, 3.05) is 18.5 Å². The van der Waals surface area contributed by atoms with Gasteiger partial charge in [-0.2, -0.15) is 11.3 Å². The molecule has 1 N–H and O–H groups in total. The lowest BCUT2D eigenvalue weighted by Crippen LogP contribution is -2.45. The topological polar surface area (TPSA) is 32.3 Å². The van der Waals surface area contributed by atoms with E-state index < -0.39 is 0 Å². The number of carbonyl (C=O) groups is 1. The molecule has 0 bridgehead atoms. The lowest BCUT2D eigenvalue weighted by atomic mass is 9.75. The summed E-state index contributed by atoms with van der Waals surface area (Å²) in [6.45, 7) is 3.06. The monoisotopic (exact) mass is 314 g/mol. The Bertz CT molecular complexity index is 653. The van der Waals surface area contributed by atoms with Crippen molar-refractivity contribution >= 4 is 28.6 Å². The number of hydrogen-bond donors (Lipinski definition) is 1. The number of anilines is 2. The average Bonchev–Trinajstić information content (AvgIpc) is 3.03. The Morgan fingerprint density at radius 2 is 2.14 bits per heavy atom. The molecule has 3 nitrogen and oxygen atoms in total. The van der Waals surface area contributed by atoms with Gasteiger partial charge in [0.2, 0.25) is 5.91 Å². The van der Waals surface area contributed by atoms with Crippen molar-refractivity contribution in [3.63, 3.8) is 0 Å². The van der Waals surface area contributed by atoms with E-state index in [-0.39, 0.29) is 11.3 Å². The standard InChI is InChI=1S/C18H22N2OS/c1-18(9-5-10-19-2)12-14-6-3-4-7-16(14)20(17(18)21)15-8-11-22-13-15/h3-4,6-8,11,13,19H,5,9-10,12H2,1-2H3. The van der Waals surface area contributed by atoms with E-state index in [2.05, 4.69) is 30.4 Å². The molecule has 1 aromatic heterocycles. The first-order valence-electron chi connectivity index (χ1n) is 7.75. The molecular weight excluding hydrogens is 292 g/mol. The van der Waals surface area contributed by atoms with Gasteiger partial charge in [-0.1, -0.05) is 25.1 Å². The third-order valence-corrected chi connectivity index (χ3v) is 5.12. The second kappa shape index (κ2) is 6.23. The molecule has 0 fully saturated rings. The van der Waals surface area contributed by atoms with E-state index in [1.165, 1.54) is 5.56 Å². The summed E-state index contributed by atoms with van der Waals surface area (Å²) < 4.78 is 0. The van der Waals surface area contributed by atoms with Crippen molar-refractivity contribution in [2.45, 2.75) is 26.2 Å². The molecule has 0 aliphatic carbocycles. The third-order valence-electron chi connectivity index (χ3n) is 4.45. The Kier molecular flexibility index (Phi) is 4.32. The van der Waals surface area contributed by atoms with Crippen LogP contribution >= 0.6 is 11.3 Å². The Labute approximate surface area is 136 Å². The van der Waals surface area contributed by atoms with Gasteiger partial charge in [0.15, 0.2) is 0 Å². The molecular formula is C18H22N2OS. The van der Waals surface area contributed by atoms with E-state index in [9.17, 15) is 4.79 Å². The molecule has 2 heterocycles. The molecule has 0 spiro atoms. The molecule has 0 radical (unpaired) electrons. The van der Waals surface area contributed by atoms with Gasteiger partial charge in [0.1, 0.15) is 0 Å². The number of nitrogens with zero attached hydrogens (tertiary/aromatic N) is 1. The maximum Gasteiger partial charge on any atom is 0.237 e. The van der Waals surface area contributed by atoms with E-state index in [0.29, 0.717) is 0 Å². The summed E-state index contributed by atoms with van der Waals surface area (Å²) in [5.74, 6) is 0.223. The Hall–Kier alpha value is -1.65. The van der Waals surface area contributed by atoms with Crippen molar-refractivity contribution in [3.05, 3.63) is 46.7 Å². The third kappa shape index (κ3) is 2.69. The van der Waals surface area contributed by atoms with Gasteiger partial charge in [0.25, 0.3) is 0 Å². The first kappa shape index (κ1) is 15.3. The van der Waals surface area contributed by atoms with Crippen LogP contribution in [-0.4, -0.2) is 19.5 Å². The zero-order chi connectivity index (χ0) is 15.6. The van der Waals surface area contributed by atoms with Gasteiger partial charge < -0.3 is 5.32 Å². The summed E-state index contributed by atoms with van der Waals surface area (Å²) in [4.78, 5) is 15.1. The summed E-state index contributed by atoms with van der Waals surface area (Å²) in [5, 5.41) is 7.25. The van der Waals surface area contributed by atoms with Crippen molar-refractivity contribution in [1.82, 2.24) is 5.32 Å². The first-order chi connectivity index (χ1) is 10.7. The molecule has 0 saturated heterocycles. The maximum absolute atomic E-state index is 13.2. The minimum atomic E-state index is -0.326. The maximum atomic E-state index is 13.2. The molecule has 2 aromatic rings. The lowest BCUT2D eigenvalue weighted by Gasteiger charge is -2.40. The Morgan fingerprint density at radius 3 is 2.86 bits per heavy atom.